The lowest BCUT2D eigenvalue weighted by Gasteiger charge is -2.33. The van der Waals surface area contributed by atoms with Crippen molar-refractivity contribution in [1.82, 2.24) is 19.9 Å². The highest BCUT2D eigenvalue weighted by molar-refractivity contribution is 7.99. The fourth-order valence-electron chi connectivity index (χ4n) is 3.47. The lowest BCUT2D eigenvalue weighted by molar-refractivity contribution is 0.152. The van der Waals surface area contributed by atoms with Gasteiger partial charge in [0.2, 0.25) is 17.1 Å². The van der Waals surface area contributed by atoms with Crippen LogP contribution < -0.4 is 9.80 Å². The molecule has 2 atom stereocenters. The molecule has 4 heterocycles. The molecule has 8 nitrogen and oxygen atoms in total. The minimum absolute atomic E-state index is 0.382. The molecule has 2 N–H and O–H groups in total. The monoisotopic (exact) mass is 422 g/mol. The third kappa shape index (κ3) is 4.65. The Balaban J connectivity index is 1.67. The maximum absolute atomic E-state index is 10.0. The summed E-state index contributed by atoms with van der Waals surface area (Å²) in [5.41, 5.74) is 0. The standard InChI is InChI=1S/C18H23ClN6O2S/c19-14-6-1-7-20-15(14)28-18-22-16(24-8-2-4-12(26)10-24)21-17(23-18)25-9-3-5-13(27)11-25/h1,6-7,12-13,26-27H,2-5,8-11H2. The first kappa shape index (κ1) is 19.6. The zero-order chi connectivity index (χ0) is 19.5. The molecule has 2 aromatic rings. The van der Waals surface area contributed by atoms with Crippen molar-refractivity contribution in [2.45, 2.75) is 48.1 Å². The highest BCUT2D eigenvalue weighted by Gasteiger charge is 2.25. The van der Waals surface area contributed by atoms with Crippen molar-refractivity contribution >= 4 is 35.3 Å². The van der Waals surface area contributed by atoms with E-state index in [0.717, 1.165) is 38.8 Å². The Hall–Kier alpha value is -1.68. The van der Waals surface area contributed by atoms with Gasteiger partial charge in [0.05, 0.1) is 17.2 Å². The second-order valence-corrected chi connectivity index (χ2v) is 8.46. The van der Waals surface area contributed by atoms with Gasteiger partial charge < -0.3 is 20.0 Å². The Bertz CT molecular complexity index is 788. The summed E-state index contributed by atoms with van der Waals surface area (Å²) in [4.78, 5) is 22.2. The molecule has 10 heteroatoms. The number of hydrogen-bond acceptors (Lipinski definition) is 9. The van der Waals surface area contributed by atoms with Crippen LogP contribution in [0.1, 0.15) is 25.7 Å². The van der Waals surface area contributed by atoms with Crippen LogP contribution in [0, 0.1) is 0 Å². The molecule has 2 fully saturated rings. The lowest BCUT2D eigenvalue weighted by atomic mass is 10.1. The number of rotatable bonds is 4. The molecule has 4 rings (SSSR count). The van der Waals surface area contributed by atoms with Gasteiger partial charge in [0.25, 0.3) is 0 Å². The predicted octanol–water partition coefficient (Wildman–Crippen LogP) is 1.99. The normalized spacial score (nSPS) is 23.1. The second-order valence-electron chi connectivity index (χ2n) is 7.09. The number of aliphatic hydroxyl groups excluding tert-OH is 2. The molecular weight excluding hydrogens is 400 g/mol. The first-order chi connectivity index (χ1) is 13.6. The molecule has 0 bridgehead atoms. The smallest absolute Gasteiger partial charge is 0.231 e. The van der Waals surface area contributed by atoms with Gasteiger partial charge in [-0.15, -0.1) is 0 Å². The minimum Gasteiger partial charge on any atom is -0.391 e. The lowest BCUT2D eigenvalue weighted by Crippen LogP contribution is -2.41. The van der Waals surface area contributed by atoms with Crippen LogP contribution in [-0.2, 0) is 0 Å². The maximum Gasteiger partial charge on any atom is 0.231 e. The predicted molar refractivity (Wildman–Crippen MR) is 108 cm³/mol. The van der Waals surface area contributed by atoms with Crippen molar-refractivity contribution < 1.29 is 10.2 Å². The Kier molecular flexibility index (Phi) is 6.15. The Morgan fingerprint density at radius 3 is 2.11 bits per heavy atom. The number of nitrogens with zero attached hydrogens (tertiary/aromatic N) is 6. The maximum atomic E-state index is 10.0. The summed E-state index contributed by atoms with van der Waals surface area (Å²) in [6, 6.07) is 3.56. The van der Waals surface area contributed by atoms with Crippen LogP contribution >= 0.6 is 23.4 Å². The number of anilines is 2. The number of halogens is 1. The summed E-state index contributed by atoms with van der Waals surface area (Å²) in [6.07, 6.45) is 4.27. The van der Waals surface area contributed by atoms with Crippen molar-refractivity contribution in [3.63, 3.8) is 0 Å². The average Bonchev–Trinajstić information content (AvgIpc) is 2.69. The van der Waals surface area contributed by atoms with Crippen molar-refractivity contribution in [2.24, 2.45) is 0 Å². The molecule has 0 spiro atoms. The summed E-state index contributed by atoms with van der Waals surface area (Å²) in [7, 11) is 0. The van der Waals surface area contributed by atoms with Crippen LogP contribution in [-0.4, -0.2) is 68.5 Å². The Morgan fingerprint density at radius 2 is 1.57 bits per heavy atom. The number of hydrogen-bond donors (Lipinski definition) is 2. The third-order valence-electron chi connectivity index (χ3n) is 4.86. The number of pyridine rings is 1. The summed E-state index contributed by atoms with van der Waals surface area (Å²) in [5.74, 6) is 1.08. The van der Waals surface area contributed by atoms with E-state index in [-0.39, 0.29) is 12.2 Å². The fraction of sp³-hybridized carbons (Fsp3) is 0.556. The van der Waals surface area contributed by atoms with Gasteiger partial charge in [-0.05, 0) is 49.6 Å². The minimum atomic E-state index is -0.382. The van der Waals surface area contributed by atoms with Crippen LogP contribution in [0.2, 0.25) is 5.02 Å². The van der Waals surface area contributed by atoms with Crippen LogP contribution in [0.4, 0.5) is 11.9 Å². The van der Waals surface area contributed by atoms with E-state index < -0.39 is 0 Å². The molecule has 0 saturated carbocycles. The number of aliphatic hydroxyl groups is 2. The van der Waals surface area contributed by atoms with E-state index in [1.54, 1.807) is 18.3 Å². The van der Waals surface area contributed by atoms with Gasteiger partial charge in [-0.3, -0.25) is 0 Å². The van der Waals surface area contributed by atoms with Crippen LogP contribution in [0.5, 0.6) is 0 Å². The van der Waals surface area contributed by atoms with Gasteiger partial charge in [-0.2, -0.15) is 15.0 Å². The van der Waals surface area contributed by atoms with Crippen LogP contribution in [0.25, 0.3) is 0 Å². The number of piperidine rings is 2. The zero-order valence-electron chi connectivity index (χ0n) is 15.4. The van der Waals surface area contributed by atoms with E-state index >= 15 is 0 Å². The SMILES string of the molecule is OC1CCCN(c2nc(Sc3ncccc3Cl)nc(N3CCCC(O)C3)n2)C1. The molecule has 0 aliphatic carbocycles. The molecule has 0 aromatic carbocycles. The quantitative estimate of drug-likeness (QED) is 0.766. The molecule has 0 radical (unpaired) electrons. The summed E-state index contributed by atoms with van der Waals surface area (Å²) >= 11 is 7.54. The third-order valence-corrected chi connectivity index (χ3v) is 6.16. The summed E-state index contributed by atoms with van der Waals surface area (Å²) in [6.45, 7) is 2.58. The van der Waals surface area contributed by atoms with E-state index in [9.17, 15) is 10.2 Å². The molecule has 2 aliphatic heterocycles. The molecular formula is C18H23ClN6O2S. The highest BCUT2D eigenvalue weighted by Crippen LogP contribution is 2.31. The Labute approximate surface area is 173 Å². The van der Waals surface area contributed by atoms with E-state index in [1.165, 1.54) is 11.8 Å². The van der Waals surface area contributed by atoms with Crippen molar-refractivity contribution in [2.75, 3.05) is 36.0 Å². The largest absolute Gasteiger partial charge is 0.391 e. The van der Waals surface area contributed by atoms with E-state index in [4.69, 9.17) is 11.6 Å². The van der Waals surface area contributed by atoms with Crippen LogP contribution in [0.3, 0.4) is 0 Å². The average molecular weight is 423 g/mol. The van der Waals surface area contributed by atoms with Gasteiger partial charge >= 0.3 is 0 Å². The second kappa shape index (κ2) is 8.77. The molecule has 150 valence electrons. The van der Waals surface area contributed by atoms with Gasteiger partial charge in [0.15, 0.2) is 0 Å². The molecule has 2 saturated heterocycles. The highest BCUT2D eigenvalue weighted by atomic mass is 35.5. The molecule has 0 amide bonds. The summed E-state index contributed by atoms with van der Waals surface area (Å²) < 4.78 is 0. The van der Waals surface area contributed by atoms with E-state index in [2.05, 4.69) is 19.9 Å². The first-order valence-electron chi connectivity index (χ1n) is 9.49. The van der Waals surface area contributed by atoms with Crippen molar-refractivity contribution in [3.05, 3.63) is 23.4 Å². The van der Waals surface area contributed by atoms with Gasteiger partial charge in [-0.1, -0.05) is 11.6 Å². The Morgan fingerprint density at radius 1 is 0.964 bits per heavy atom. The molecule has 2 unspecified atom stereocenters. The first-order valence-corrected chi connectivity index (χ1v) is 10.7. The van der Waals surface area contributed by atoms with Crippen LogP contribution in [0.15, 0.2) is 28.5 Å². The van der Waals surface area contributed by atoms with Gasteiger partial charge in [0, 0.05) is 32.4 Å². The zero-order valence-corrected chi connectivity index (χ0v) is 17.0. The fourth-order valence-corrected chi connectivity index (χ4v) is 4.41. The van der Waals surface area contributed by atoms with Crippen molar-refractivity contribution in [1.29, 1.82) is 0 Å². The summed E-state index contributed by atoms with van der Waals surface area (Å²) in [5, 5.41) is 21.8. The molecule has 28 heavy (non-hydrogen) atoms. The topological polar surface area (TPSA) is 98.5 Å². The van der Waals surface area contributed by atoms with E-state index in [1.807, 2.05) is 9.80 Å². The van der Waals surface area contributed by atoms with Crippen molar-refractivity contribution in [3.8, 4) is 0 Å². The number of aromatic nitrogens is 4. The van der Waals surface area contributed by atoms with Gasteiger partial charge in [-0.25, -0.2) is 4.98 Å². The molecule has 2 aliphatic rings. The van der Waals surface area contributed by atoms with E-state index in [0.29, 0.717) is 40.2 Å². The molecule has 2 aromatic heterocycles. The van der Waals surface area contributed by atoms with Gasteiger partial charge in [0.1, 0.15) is 5.03 Å². The number of β-amino-alcohol motifs (C(OH)–C–C–N with tert-alkyl or cyclic N) is 2.